The van der Waals surface area contributed by atoms with E-state index in [1.54, 1.807) is 0 Å². The first-order chi connectivity index (χ1) is 5.68. The molecule has 0 aliphatic rings. The van der Waals surface area contributed by atoms with Crippen molar-refractivity contribution in [2.45, 2.75) is 0 Å². The quantitative estimate of drug-likeness (QED) is 0.705. The molecule has 0 amide bonds. The molecule has 1 N–H and O–H groups in total. The Hall–Kier alpha value is -0.610. The molecule has 2 aromatic rings. The zero-order valence-electron chi connectivity index (χ0n) is 6.47. The highest BCUT2D eigenvalue weighted by atomic mass is 79.9. The van der Waals surface area contributed by atoms with Gasteiger partial charge in [-0.25, -0.2) is 0 Å². The summed E-state index contributed by atoms with van der Waals surface area (Å²) in [4.78, 5) is 3.11. The summed E-state index contributed by atoms with van der Waals surface area (Å²) in [6.07, 6.45) is 0. The third-order valence-corrected chi connectivity index (χ3v) is 2.74. The van der Waals surface area contributed by atoms with Gasteiger partial charge in [0.1, 0.15) is 0 Å². The van der Waals surface area contributed by atoms with Crippen LogP contribution in [0.4, 0.5) is 0 Å². The molecule has 4 heteroatoms. The van der Waals surface area contributed by atoms with Gasteiger partial charge >= 0.3 is 0 Å². The smallest absolute Gasteiger partial charge is 0.177 e. The molecule has 1 heterocycles. The van der Waals surface area contributed by atoms with E-state index in [-0.39, 0.29) is 0 Å². The van der Waals surface area contributed by atoms with Gasteiger partial charge in [-0.15, -0.1) is 0 Å². The summed E-state index contributed by atoms with van der Waals surface area (Å²) in [5, 5.41) is 0. The average molecular weight is 243 g/mol. The van der Waals surface area contributed by atoms with Gasteiger partial charge in [0.15, 0.2) is 4.77 Å². The van der Waals surface area contributed by atoms with Crippen LogP contribution in [0.3, 0.4) is 0 Å². The van der Waals surface area contributed by atoms with Crippen LogP contribution in [0.1, 0.15) is 0 Å². The molecule has 0 spiro atoms. The van der Waals surface area contributed by atoms with E-state index in [0.29, 0.717) is 0 Å². The number of benzene rings is 1. The van der Waals surface area contributed by atoms with Gasteiger partial charge in [0.05, 0.1) is 11.0 Å². The van der Waals surface area contributed by atoms with Crippen molar-refractivity contribution in [3.8, 4) is 0 Å². The van der Waals surface area contributed by atoms with E-state index >= 15 is 0 Å². The first-order valence-electron chi connectivity index (χ1n) is 3.53. The van der Waals surface area contributed by atoms with Gasteiger partial charge < -0.3 is 9.55 Å². The molecular weight excluding hydrogens is 236 g/mol. The van der Waals surface area contributed by atoms with Crippen molar-refractivity contribution in [3.05, 3.63) is 27.4 Å². The Labute approximate surface area is 83.3 Å². The van der Waals surface area contributed by atoms with Crippen molar-refractivity contribution in [3.63, 3.8) is 0 Å². The van der Waals surface area contributed by atoms with Crippen LogP contribution in [0, 0.1) is 4.77 Å². The minimum atomic E-state index is 0.753. The summed E-state index contributed by atoms with van der Waals surface area (Å²) in [5.74, 6) is 0. The van der Waals surface area contributed by atoms with Crippen molar-refractivity contribution in [1.82, 2.24) is 9.55 Å². The summed E-state index contributed by atoms with van der Waals surface area (Å²) in [5.41, 5.74) is 2.19. The highest BCUT2D eigenvalue weighted by Gasteiger charge is 1.99. The van der Waals surface area contributed by atoms with Crippen LogP contribution in [0.5, 0.6) is 0 Å². The molecule has 1 aromatic carbocycles. The molecule has 0 radical (unpaired) electrons. The van der Waals surface area contributed by atoms with Gasteiger partial charge in [0.25, 0.3) is 0 Å². The molecule has 2 nitrogen and oxygen atoms in total. The van der Waals surface area contributed by atoms with Crippen LogP contribution in [-0.2, 0) is 7.05 Å². The fourth-order valence-electron chi connectivity index (χ4n) is 1.20. The second-order valence-corrected chi connectivity index (χ2v) is 3.95. The topological polar surface area (TPSA) is 20.7 Å². The van der Waals surface area contributed by atoms with Crippen molar-refractivity contribution < 1.29 is 0 Å². The Morgan fingerprint density at radius 3 is 3.00 bits per heavy atom. The lowest BCUT2D eigenvalue weighted by Gasteiger charge is -1.93. The molecule has 0 saturated heterocycles. The molecule has 0 fully saturated rings. The van der Waals surface area contributed by atoms with Crippen LogP contribution in [0.25, 0.3) is 11.0 Å². The van der Waals surface area contributed by atoms with Crippen molar-refractivity contribution in [2.24, 2.45) is 7.05 Å². The van der Waals surface area contributed by atoms with Gasteiger partial charge in [0, 0.05) is 11.5 Å². The number of halogens is 1. The first-order valence-corrected chi connectivity index (χ1v) is 4.73. The fourth-order valence-corrected chi connectivity index (χ4v) is 1.75. The lowest BCUT2D eigenvalue weighted by molar-refractivity contribution is 0.927. The third kappa shape index (κ3) is 1.11. The van der Waals surface area contributed by atoms with Gasteiger partial charge in [-0.05, 0) is 30.4 Å². The summed E-state index contributed by atoms with van der Waals surface area (Å²) in [6, 6.07) is 6.05. The van der Waals surface area contributed by atoms with E-state index < -0.39 is 0 Å². The molecular formula is C8H7BrN2S. The number of nitrogens with one attached hydrogen (secondary N) is 1. The lowest BCUT2D eigenvalue weighted by atomic mass is 10.3. The molecule has 62 valence electrons. The van der Waals surface area contributed by atoms with Crippen LogP contribution < -0.4 is 0 Å². The van der Waals surface area contributed by atoms with Crippen molar-refractivity contribution in [1.29, 1.82) is 0 Å². The maximum atomic E-state index is 5.09. The highest BCUT2D eigenvalue weighted by Crippen LogP contribution is 2.18. The summed E-state index contributed by atoms with van der Waals surface area (Å²) >= 11 is 8.50. The number of aromatic nitrogens is 2. The normalized spacial score (nSPS) is 10.8. The Kier molecular flexibility index (Phi) is 1.81. The maximum Gasteiger partial charge on any atom is 0.177 e. The molecule has 12 heavy (non-hydrogen) atoms. The number of aromatic amines is 1. The second-order valence-electron chi connectivity index (χ2n) is 2.65. The van der Waals surface area contributed by atoms with Crippen LogP contribution in [0.15, 0.2) is 22.7 Å². The predicted molar refractivity (Wildman–Crippen MR) is 55.8 cm³/mol. The van der Waals surface area contributed by atoms with Crippen LogP contribution >= 0.6 is 28.1 Å². The SMILES string of the molecule is Cn1c(=S)[nH]c2ccc(Br)cc21. The van der Waals surface area contributed by atoms with Gasteiger partial charge in [-0.1, -0.05) is 15.9 Å². The summed E-state index contributed by atoms with van der Waals surface area (Å²) in [6.45, 7) is 0. The van der Waals surface area contributed by atoms with Gasteiger partial charge in [-0.3, -0.25) is 0 Å². The van der Waals surface area contributed by atoms with E-state index in [9.17, 15) is 0 Å². The monoisotopic (exact) mass is 242 g/mol. The fraction of sp³-hybridized carbons (Fsp3) is 0.125. The number of H-pyrrole nitrogens is 1. The molecule has 0 bridgehead atoms. The largest absolute Gasteiger partial charge is 0.331 e. The third-order valence-electron chi connectivity index (χ3n) is 1.87. The zero-order chi connectivity index (χ0) is 8.72. The zero-order valence-corrected chi connectivity index (χ0v) is 8.87. The minimum Gasteiger partial charge on any atom is -0.331 e. The molecule has 0 atom stereocenters. The van der Waals surface area contributed by atoms with Crippen LogP contribution in [0.2, 0.25) is 0 Å². The number of hydrogen-bond acceptors (Lipinski definition) is 1. The highest BCUT2D eigenvalue weighted by molar-refractivity contribution is 9.10. The minimum absolute atomic E-state index is 0.753. The molecule has 0 saturated carbocycles. The van der Waals surface area contributed by atoms with Crippen molar-refractivity contribution >= 4 is 39.2 Å². The molecule has 0 aliphatic carbocycles. The number of aryl methyl sites for hydroxylation is 1. The second kappa shape index (κ2) is 2.71. The lowest BCUT2D eigenvalue weighted by Crippen LogP contribution is -1.85. The number of rotatable bonds is 0. The van der Waals surface area contributed by atoms with Crippen molar-refractivity contribution in [2.75, 3.05) is 0 Å². The molecule has 0 unspecified atom stereocenters. The Morgan fingerprint density at radius 2 is 2.25 bits per heavy atom. The predicted octanol–water partition coefficient (Wildman–Crippen LogP) is 3.00. The number of nitrogens with zero attached hydrogens (tertiary/aromatic N) is 1. The van der Waals surface area contributed by atoms with E-state index in [1.807, 2.05) is 29.8 Å². The van der Waals surface area contributed by atoms with E-state index in [2.05, 4.69) is 20.9 Å². The average Bonchev–Trinajstić information content (AvgIpc) is 2.31. The van der Waals surface area contributed by atoms with Crippen LogP contribution in [-0.4, -0.2) is 9.55 Å². The summed E-state index contributed by atoms with van der Waals surface area (Å²) in [7, 11) is 1.95. The summed E-state index contributed by atoms with van der Waals surface area (Å²) < 4.78 is 3.78. The maximum absolute atomic E-state index is 5.09. The first kappa shape index (κ1) is 8.01. The Balaban J connectivity index is 2.98. The molecule has 2 rings (SSSR count). The Morgan fingerprint density at radius 1 is 1.50 bits per heavy atom. The number of imidazole rings is 1. The van der Waals surface area contributed by atoms with Gasteiger partial charge in [-0.2, -0.15) is 0 Å². The molecule has 1 aromatic heterocycles. The standard InChI is InChI=1S/C8H7BrN2S/c1-11-7-4-5(9)2-3-6(7)10-8(11)12/h2-4H,1H3,(H,10,12). The number of fused-ring (bicyclic) bond motifs is 1. The molecule has 0 aliphatic heterocycles. The number of hydrogen-bond donors (Lipinski definition) is 1. The Bertz CT molecular complexity index is 483. The van der Waals surface area contributed by atoms with E-state index in [4.69, 9.17) is 12.2 Å². The van der Waals surface area contributed by atoms with E-state index in [0.717, 1.165) is 20.3 Å². The van der Waals surface area contributed by atoms with Gasteiger partial charge in [0.2, 0.25) is 0 Å². The van der Waals surface area contributed by atoms with E-state index in [1.165, 1.54) is 0 Å².